The van der Waals surface area contributed by atoms with Gasteiger partial charge in [0.05, 0.1) is 17.8 Å². The fraction of sp³-hybridized carbons (Fsp3) is 0.167. The van der Waals surface area contributed by atoms with Crippen molar-refractivity contribution in [3.63, 3.8) is 0 Å². The van der Waals surface area contributed by atoms with Crippen molar-refractivity contribution in [2.75, 3.05) is 11.9 Å². The molecule has 0 unspecified atom stereocenters. The topological polar surface area (TPSA) is 79.5 Å². The molecule has 0 aliphatic carbocycles. The third kappa shape index (κ3) is 3.03. The lowest BCUT2D eigenvalue weighted by atomic mass is 10.1. The molecular formula is C24H18Cl2N4O3. The van der Waals surface area contributed by atoms with E-state index >= 15 is 0 Å². The third-order valence-corrected chi connectivity index (χ3v) is 6.88. The molecule has 2 aliphatic rings. The molecule has 2 amide bonds. The molecule has 3 heterocycles. The maximum Gasteiger partial charge on any atom is 0.336 e. The fourth-order valence-electron chi connectivity index (χ4n) is 5.11. The number of rotatable bonds is 2. The zero-order chi connectivity index (χ0) is 22.9. The van der Waals surface area contributed by atoms with E-state index in [9.17, 15) is 14.7 Å². The largest absolute Gasteiger partial charge is 0.493 e. The predicted molar refractivity (Wildman–Crippen MR) is 128 cm³/mol. The summed E-state index contributed by atoms with van der Waals surface area (Å²) in [7, 11) is 0. The van der Waals surface area contributed by atoms with Crippen LogP contribution in [-0.4, -0.2) is 31.7 Å². The number of carbonyl (C=O) groups is 1. The average Bonchev–Trinajstić information content (AvgIpc) is 3.44. The van der Waals surface area contributed by atoms with E-state index in [0.29, 0.717) is 40.1 Å². The van der Waals surface area contributed by atoms with Crippen molar-refractivity contribution in [1.29, 1.82) is 0 Å². The Morgan fingerprint density at radius 3 is 2.55 bits per heavy atom. The van der Waals surface area contributed by atoms with Gasteiger partial charge in [0.25, 0.3) is 0 Å². The number of aromatic hydroxyl groups is 1. The van der Waals surface area contributed by atoms with Crippen LogP contribution in [0.2, 0.25) is 10.0 Å². The van der Waals surface area contributed by atoms with E-state index < -0.39 is 6.04 Å². The Kier molecular flexibility index (Phi) is 4.47. The zero-order valence-corrected chi connectivity index (χ0v) is 18.7. The lowest BCUT2D eigenvalue weighted by molar-refractivity contribution is 0.198. The van der Waals surface area contributed by atoms with E-state index in [1.165, 1.54) is 4.57 Å². The number of fused-ring (bicyclic) bond motifs is 6. The van der Waals surface area contributed by atoms with Crippen LogP contribution >= 0.6 is 23.2 Å². The molecule has 1 aromatic heterocycles. The monoisotopic (exact) mass is 480 g/mol. The second-order valence-corrected chi connectivity index (χ2v) is 9.21. The first-order valence-corrected chi connectivity index (χ1v) is 11.3. The van der Waals surface area contributed by atoms with Gasteiger partial charge in [0.15, 0.2) is 0 Å². The van der Waals surface area contributed by atoms with Crippen molar-refractivity contribution in [3.8, 4) is 11.6 Å². The molecule has 1 fully saturated rings. The van der Waals surface area contributed by atoms with Crippen molar-refractivity contribution in [2.45, 2.75) is 18.5 Å². The predicted octanol–water partition coefficient (Wildman–Crippen LogP) is 5.34. The van der Waals surface area contributed by atoms with Crippen LogP contribution in [0.15, 0.2) is 65.5 Å². The summed E-state index contributed by atoms with van der Waals surface area (Å²) in [5.74, 6) is -0.132. The Labute approximate surface area is 198 Å². The Hall–Kier alpha value is -3.42. The van der Waals surface area contributed by atoms with Crippen LogP contribution in [0.1, 0.15) is 24.2 Å². The molecule has 2 aliphatic heterocycles. The highest BCUT2D eigenvalue weighted by Crippen LogP contribution is 2.49. The van der Waals surface area contributed by atoms with Crippen LogP contribution in [0.5, 0.6) is 5.88 Å². The lowest BCUT2D eigenvalue weighted by Gasteiger charge is -2.27. The first-order chi connectivity index (χ1) is 15.9. The van der Waals surface area contributed by atoms with E-state index in [0.717, 1.165) is 10.8 Å². The molecule has 2 bridgehead atoms. The van der Waals surface area contributed by atoms with Gasteiger partial charge >= 0.3 is 11.7 Å². The molecule has 33 heavy (non-hydrogen) atoms. The number of likely N-dealkylation sites (tertiary alicyclic amines) is 1. The average molecular weight is 481 g/mol. The number of nitrogens with zero attached hydrogens (tertiary/aromatic N) is 3. The summed E-state index contributed by atoms with van der Waals surface area (Å²) in [5.41, 5.74) is 1.26. The number of anilines is 1. The van der Waals surface area contributed by atoms with Crippen LogP contribution in [-0.2, 0) is 0 Å². The highest BCUT2D eigenvalue weighted by atomic mass is 35.5. The highest BCUT2D eigenvalue weighted by Gasteiger charge is 2.49. The summed E-state index contributed by atoms with van der Waals surface area (Å²) in [4.78, 5) is 28.1. The number of carbonyl (C=O) groups excluding carboxylic acids is 1. The normalized spacial score (nSPS) is 18.7. The molecule has 6 rings (SSSR count). The van der Waals surface area contributed by atoms with Gasteiger partial charge in [-0.05, 0) is 36.1 Å². The van der Waals surface area contributed by atoms with Crippen LogP contribution < -0.4 is 11.0 Å². The van der Waals surface area contributed by atoms with E-state index in [2.05, 4.69) is 5.32 Å². The van der Waals surface area contributed by atoms with Crippen LogP contribution in [0, 0.1) is 0 Å². The SMILES string of the molecule is O=C(Nc1cc(Cl)cc(Cl)c1)N1C[C@@H]2C[C@H]1c1c(O)n(-c3cccc4ccccc34)c(=O)n12. The minimum atomic E-state index is -0.409. The molecule has 0 radical (unpaired) electrons. The van der Waals surface area contributed by atoms with Gasteiger partial charge in [-0.2, -0.15) is 0 Å². The van der Waals surface area contributed by atoms with Crippen molar-refractivity contribution in [3.05, 3.63) is 86.9 Å². The van der Waals surface area contributed by atoms with Gasteiger partial charge in [0, 0.05) is 27.7 Å². The molecule has 2 atom stereocenters. The zero-order valence-electron chi connectivity index (χ0n) is 17.2. The molecule has 166 valence electrons. The second kappa shape index (κ2) is 7.30. The molecule has 1 saturated heterocycles. The molecule has 2 N–H and O–H groups in total. The quantitative estimate of drug-likeness (QED) is 0.406. The van der Waals surface area contributed by atoms with Crippen molar-refractivity contribution in [2.24, 2.45) is 0 Å². The summed E-state index contributed by atoms with van der Waals surface area (Å²) in [5, 5.41) is 16.7. The van der Waals surface area contributed by atoms with Gasteiger partial charge in [-0.15, -0.1) is 0 Å². The van der Waals surface area contributed by atoms with E-state index in [1.54, 1.807) is 27.7 Å². The standard InChI is InChI=1S/C24H18Cl2N4O3/c25-14-8-15(26)10-16(9-14)27-23(32)28-12-17-11-20(28)21-22(31)30(24(33)29(17)21)19-7-3-5-13-4-1-2-6-18(13)19/h1-10,17,20,31H,11-12H2,(H,27,32)/t17-,20-/m0/s1. The van der Waals surface area contributed by atoms with Crippen molar-refractivity contribution >= 4 is 45.7 Å². The Morgan fingerprint density at radius 2 is 1.76 bits per heavy atom. The fourth-order valence-corrected chi connectivity index (χ4v) is 5.64. The summed E-state index contributed by atoms with van der Waals surface area (Å²) in [6, 6.07) is 17.2. The van der Waals surface area contributed by atoms with E-state index in [-0.39, 0.29) is 23.6 Å². The maximum absolute atomic E-state index is 13.4. The number of aromatic nitrogens is 2. The van der Waals surface area contributed by atoms with Crippen LogP contribution in [0.4, 0.5) is 10.5 Å². The summed E-state index contributed by atoms with van der Waals surface area (Å²) < 4.78 is 2.97. The van der Waals surface area contributed by atoms with Gasteiger partial charge < -0.3 is 15.3 Å². The number of imidazole rings is 1. The third-order valence-electron chi connectivity index (χ3n) is 6.44. The number of urea groups is 1. The summed E-state index contributed by atoms with van der Waals surface area (Å²) in [6.07, 6.45) is 0.582. The smallest absolute Gasteiger partial charge is 0.336 e. The number of benzene rings is 3. The van der Waals surface area contributed by atoms with Crippen molar-refractivity contribution < 1.29 is 9.90 Å². The van der Waals surface area contributed by atoms with Gasteiger partial charge in [-0.1, -0.05) is 59.6 Å². The minimum Gasteiger partial charge on any atom is -0.493 e. The summed E-state index contributed by atoms with van der Waals surface area (Å²) >= 11 is 12.1. The summed E-state index contributed by atoms with van der Waals surface area (Å²) in [6.45, 7) is 0.372. The first-order valence-electron chi connectivity index (χ1n) is 10.5. The molecule has 3 aromatic carbocycles. The first kappa shape index (κ1) is 20.2. The van der Waals surface area contributed by atoms with Crippen LogP contribution in [0.3, 0.4) is 0 Å². The molecule has 7 nitrogen and oxygen atoms in total. The number of halogens is 2. The van der Waals surface area contributed by atoms with Gasteiger partial charge in [-0.25, -0.2) is 14.2 Å². The molecule has 4 aromatic rings. The number of amides is 2. The molecule has 0 spiro atoms. The number of nitrogens with one attached hydrogen (secondary N) is 1. The van der Waals surface area contributed by atoms with Gasteiger partial charge in [0.1, 0.15) is 5.69 Å². The second-order valence-electron chi connectivity index (χ2n) is 8.34. The van der Waals surface area contributed by atoms with E-state index in [4.69, 9.17) is 23.2 Å². The Bertz CT molecular complexity index is 1480. The Balaban J connectivity index is 1.39. The van der Waals surface area contributed by atoms with E-state index in [1.807, 2.05) is 42.5 Å². The number of hydrogen-bond donors (Lipinski definition) is 2. The molecule has 0 saturated carbocycles. The minimum absolute atomic E-state index is 0.132. The van der Waals surface area contributed by atoms with Gasteiger partial charge in [-0.3, -0.25) is 4.57 Å². The number of hydrogen-bond acceptors (Lipinski definition) is 3. The highest BCUT2D eigenvalue weighted by molar-refractivity contribution is 6.35. The van der Waals surface area contributed by atoms with Crippen molar-refractivity contribution in [1.82, 2.24) is 14.0 Å². The maximum atomic E-state index is 13.4. The Morgan fingerprint density at radius 1 is 1.03 bits per heavy atom. The van der Waals surface area contributed by atoms with Crippen LogP contribution in [0.25, 0.3) is 16.5 Å². The lowest BCUT2D eigenvalue weighted by Crippen LogP contribution is -2.40. The van der Waals surface area contributed by atoms with Gasteiger partial charge in [0.2, 0.25) is 5.88 Å². The molecule has 9 heteroatoms. The molecular weight excluding hydrogens is 463 g/mol.